The van der Waals surface area contributed by atoms with E-state index in [-0.39, 0.29) is 17.9 Å². The van der Waals surface area contributed by atoms with Crippen molar-refractivity contribution in [3.63, 3.8) is 0 Å². The van der Waals surface area contributed by atoms with Gasteiger partial charge in [0.1, 0.15) is 0 Å². The molecule has 0 aliphatic rings. The number of nitrogens with two attached hydrogens (primary N) is 1. The fourth-order valence-electron chi connectivity index (χ4n) is 2.32. The Balaban J connectivity index is 2.13. The van der Waals surface area contributed by atoms with E-state index in [4.69, 9.17) is 5.73 Å². The van der Waals surface area contributed by atoms with Crippen molar-refractivity contribution in [1.82, 2.24) is 9.78 Å². The minimum Gasteiger partial charge on any atom is -0.323 e. The van der Waals surface area contributed by atoms with Crippen LogP contribution < -0.4 is 11.1 Å². The lowest BCUT2D eigenvalue weighted by Gasteiger charge is -2.20. The van der Waals surface area contributed by atoms with E-state index in [9.17, 15) is 4.79 Å². The zero-order valence-electron chi connectivity index (χ0n) is 12.9. The third kappa shape index (κ3) is 3.13. The number of anilines is 1. The summed E-state index contributed by atoms with van der Waals surface area (Å²) in [5.41, 5.74) is 9.66. The molecule has 0 spiro atoms. The minimum atomic E-state index is -0.330. The standard InChI is InChI=1S/C16H22N4O/c1-10(14(17)13-8-6-5-7-9-13)16(21)18-15-11(2)19-20(4)12(15)3/h5-10,14H,17H2,1-4H3,(H,18,21). The average Bonchev–Trinajstić information content (AvgIpc) is 2.73. The predicted molar refractivity (Wildman–Crippen MR) is 83.8 cm³/mol. The molecule has 0 aliphatic carbocycles. The van der Waals surface area contributed by atoms with Crippen LogP contribution >= 0.6 is 0 Å². The first-order valence-corrected chi connectivity index (χ1v) is 7.03. The molecule has 112 valence electrons. The highest BCUT2D eigenvalue weighted by Crippen LogP contribution is 2.23. The maximum absolute atomic E-state index is 12.4. The molecule has 0 fully saturated rings. The second-order valence-corrected chi connectivity index (χ2v) is 5.38. The van der Waals surface area contributed by atoms with E-state index < -0.39 is 0 Å². The molecular formula is C16H22N4O. The third-order valence-corrected chi connectivity index (χ3v) is 3.89. The van der Waals surface area contributed by atoms with Gasteiger partial charge in [-0.05, 0) is 19.4 Å². The highest BCUT2D eigenvalue weighted by Gasteiger charge is 2.23. The van der Waals surface area contributed by atoms with Crippen LogP contribution in [0.4, 0.5) is 5.69 Å². The lowest BCUT2D eigenvalue weighted by atomic mass is 9.94. The quantitative estimate of drug-likeness (QED) is 0.906. The van der Waals surface area contributed by atoms with Gasteiger partial charge in [-0.25, -0.2) is 0 Å². The van der Waals surface area contributed by atoms with Crippen molar-refractivity contribution >= 4 is 11.6 Å². The number of carbonyl (C=O) groups is 1. The Kier molecular flexibility index (Phi) is 4.43. The summed E-state index contributed by atoms with van der Waals surface area (Å²) in [6.45, 7) is 5.65. The van der Waals surface area contributed by atoms with Gasteiger partial charge in [-0.3, -0.25) is 9.48 Å². The van der Waals surface area contributed by atoms with Crippen LogP contribution in [0, 0.1) is 19.8 Å². The molecule has 2 aromatic rings. The second kappa shape index (κ2) is 6.10. The number of hydrogen-bond donors (Lipinski definition) is 2. The molecule has 5 nitrogen and oxygen atoms in total. The van der Waals surface area contributed by atoms with Crippen LogP contribution in [0.15, 0.2) is 30.3 Å². The van der Waals surface area contributed by atoms with Crippen LogP contribution in [0.25, 0.3) is 0 Å². The summed E-state index contributed by atoms with van der Waals surface area (Å²) in [6, 6.07) is 9.33. The van der Waals surface area contributed by atoms with E-state index in [0.29, 0.717) is 0 Å². The highest BCUT2D eigenvalue weighted by molar-refractivity contribution is 5.93. The lowest BCUT2D eigenvalue weighted by Crippen LogP contribution is -2.30. The average molecular weight is 286 g/mol. The van der Waals surface area contributed by atoms with E-state index in [1.165, 1.54) is 0 Å². The Morgan fingerprint density at radius 2 is 1.90 bits per heavy atom. The fourth-order valence-corrected chi connectivity index (χ4v) is 2.32. The molecule has 21 heavy (non-hydrogen) atoms. The zero-order chi connectivity index (χ0) is 15.6. The smallest absolute Gasteiger partial charge is 0.229 e. The molecule has 1 heterocycles. The Morgan fingerprint density at radius 1 is 1.29 bits per heavy atom. The fraction of sp³-hybridized carbons (Fsp3) is 0.375. The number of hydrogen-bond acceptors (Lipinski definition) is 3. The lowest BCUT2D eigenvalue weighted by molar-refractivity contribution is -0.120. The van der Waals surface area contributed by atoms with Crippen molar-refractivity contribution in [2.75, 3.05) is 5.32 Å². The Morgan fingerprint density at radius 3 is 2.43 bits per heavy atom. The summed E-state index contributed by atoms with van der Waals surface area (Å²) in [5, 5.41) is 7.24. The number of aromatic nitrogens is 2. The SMILES string of the molecule is Cc1nn(C)c(C)c1NC(=O)C(C)C(N)c1ccccc1. The number of carbonyl (C=O) groups excluding carboxylic acids is 1. The molecule has 2 unspecified atom stereocenters. The Hall–Kier alpha value is -2.14. The summed E-state index contributed by atoms with van der Waals surface area (Å²) < 4.78 is 1.76. The number of aryl methyl sites for hydroxylation is 2. The van der Waals surface area contributed by atoms with E-state index in [0.717, 1.165) is 22.6 Å². The van der Waals surface area contributed by atoms with Crippen molar-refractivity contribution in [3.8, 4) is 0 Å². The van der Waals surface area contributed by atoms with Crippen molar-refractivity contribution in [1.29, 1.82) is 0 Å². The molecule has 1 aromatic heterocycles. The van der Waals surface area contributed by atoms with E-state index in [1.54, 1.807) is 4.68 Å². The first kappa shape index (κ1) is 15.3. The molecule has 0 bridgehead atoms. The summed E-state index contributed by atoms with van der Waals surface area (Å²) in [5.74, 6) is -0.419. The van der Waals surface area contributed by atoms with Crippen LogP contribution in [0.5, 0.6) is 0 Å². The summed E-state index contributed by atoms with van der Waals surface area (Å²) >= 11 is 0. The van der Waals surface area contributed by atoms with Crippen LogP contribution in [-0.2, 0) is 11.8 Å². The van der Waals surface area contributed by atoms with Gasteiger partial charge in [-0.2, -0.15) is 5.10 Å². The Labute approximate surface area is 125 Å². The molecule has 0 saturated heterocycles. The van der Waals surface area contributed by atoms with Crippen molar-refractivity contribution in [3.05, 3.63) is 47.3 Å². The first-order valence-electron chi connectivity index (χ1n) is 7.03. The summed E-state index contributed by atoms with van der Waals surface area (Å²) in [4.78, 5) is 12.4. The van der Waals surface area contributed by atoms with Crippen molar-refractivity contribution in [2.45, 2.75) is 26.8 Å². The van der Waals surface area contributed by atoms with Gasteiger partial charge < -0.3 is 11.1 Å². The molecule has 0 saturated carbocycles. The normalized spacial score (nSPS) is 13.8. The highest BCUT2D eigenvalue weighted by atomic mass is 16.1. The van der Waals surface area contributed by atoms with Gasteiger partial charge in [0.2, 0.25) is 5.91 Å². The first-order chi connectivity index (χ1) is 9.91. The molecule has 2 rings (SSSR count). The van der Waals surface area contributed by atoms with Gasteiger partial charge in [0, 0.05) is 13.1 Å². The van der Waals surface area contributed by atoms with Crippen LogP contribution in [0.1, 0.15) is 29.9 Å². The van der Waals surface area contributed by atoms with Crippen LogP contribution in [-0.4, -0.2) is 15.7 Å². The molecule has 1 aromatic carbocycles. The second-order valence-electron chi connectivity index (χ2n) is 5.38. The third-order valence-electron chi connectivity index (χ3n) is 3.89. The van der Waals surface area contributed by atoms with Gasteiger partial charge in [0.05, 0.1) is 23.0 Å². The van der Waals surface area contributed by atoms with E-state index in [1.807, 2.05) is 58.2 Å². The number of nitrogens with one attached hydrogen (secondary N) is 1. The predicted octanol–water partition coefficient (Wildman–Crippen LogP) is 2.31. The largest absolute Gasteiger partial charge is 0.323 e. The monoisotopic (exact) mass is 286 g/mol. The van der Waals surface area contributed by atoms with Gasteiger partial charge in [0.25, 0.3) is 0 Å². The molecule has 1 amide bonds. The zero-order valence-corrected chi connectivity index (χ0v) is 12.9. The minimum absolute atomic E-state index is 0.0921. The van der Waals surface area contributed by atoms with E-state index >= 15 is 0 Å². The Bertz CT molecular complexity index is 633. The van der Waals surface area contributed by atoms with E-state index in [2.05, 4.69) is 10.4 Å². The van der Waals surface area contributed by atoms with Gasteiger partial charge in [-0.1, -0.05) is 37.3 Å². The van der Waals surface area contributed by atoms with Crippen LogP contribution in [0.2, 0.25) is 0 Å². The number of benzene rings is 1. The summed E-state index contributed by atoms with van der Waals surface area (Å²) in [7, 11) is 1.86. The number of amides is 1. The van der Waals surface area contributed by atoms with Gasteiger partial charge in [-0.15, -0.1) is 0 Å². The molecule has 5 heteroatoms. The van der Waals surface area contributed by atoms with Gasteiger partial charge in [0.15, 0.2) is 0 Å². The topological polar surface area (TPSA) is 72.9 Å². The molecule has 3 N–H and O–H groups in total. The maximum Gasteiger partial charge on any atom is 0.229 e. The van der Waals surface area contributed by atoms with Crippen molar-refractivity contribution < 1.29 is 4.79 Å². The number of nitrogens with zero attached hydrogens (tertiary/aromatic N) is 2. The summed E-state index contributed by atoms with van der Waals surface area (Å²) in [6.07, 6.45) is 0. The molecular weight excluding hydrogens is 264 g/mol. The molecule has 2 atom stereocenters. The van der Waals surface area contributed by atoms with Crippen LogP contribution in [0.3, 0.4) is 0 Å². The molecule has 0 radical (unpaired) electrons. The number of rotatable bonds is 4. The molecule has 0 aliphatic heterocycles. The van der Waals surface area contributed by atoms with Crippen molar-refractivity contribution in [2.24, 2.45) is 18.7 Å². The van der Waals surface area contributed by atoms with Gasteiger partial charge >= 0.3 is 0 Å². The maximum atomic E-state index is 12.4.